The Morgan fingerprint density at radius 1 is 1.21 bits per heavy atom. The van der Waals surface area contributed by atoms with Crippen LogP contribution in [0.3, 0.4) is 0 Å². The van der Waals surface area contributed by atoms with Crippen molar-refractivity contribution in [2.75, 3.05) is 13.1 Å². The fraction of sp³-hybridized carbons (Fsp3) is 0.545. The van der Waals surface area contributed by atoms with Gasteiger partial charge in [0.05, 0.1) is 5.41 Å². The van der Waals surface area contributed by atoms with Crippen LogP contribution in [0.15, 0.2) is 54.6 Å². The first-order valence-electron chi connectivity index (χ1n) is 14.7. The van der Waals surface area contributed by atoms with Crippen LogP contribution in [-0.4, -0.2) is 51.9 Å². The summed E-state index contributed by atoms with van der Waals surface area (Å²) in [6.07, 6.45) is 9.65. The summed E-state index contributed by atoms with van der Waals surface area (Å²) in [6, 6.07) is 14.1. The highest BCUT2D eigenvalue weighted by atomic mass is 16.5. The SMILES string of the molecule is CCCCN1CC23Cc4ccc(O)c5c4C4(CC=CC(O)([C@@H]4O5)[C@](C)(C(=O)NCc4ccccc4)CCC12)C3. The minimum atomic E-state index is -1.52. The van der Waals surface area contributed by atoms with E-state index in [9.17, 15) is 15.0 Å². The molecule has 4 unspecified atom stereocenters. The predicted octanol–water partition coefficient (Wildman–Crippen LogP) is 4.62. The molecule has 1 saturated carbocycles. The lowest BCUT2D eigenvalue weighted by Crippen LogP contribution is -2.70. The number of allylic oxidation sites excluding steroid dienone is 1. The molecule has 3 aliphatic carbocycles. The van der Waals surface area contributed by atoms with Crippen molar-refractivity contribution < 1.29 is 19.7 Å². The Morgan fingerprint density at radius 2 is 2.03 bits per heavy atom. The van der Waals surface area contributed by atoms with E-state index in [4.69, 9.17) is 4.74 Å². The van der Waals surface area contributed by atoms with Crippen LogP contribution < -0.4 is 10.1 Å². The molecular weight excluding hydrogens is 488 g/mol. The molecule has 6 heteroatoms. The second-order valence-electron chi connectivity index (χ2n) is 13.1. The van der Waals surface area contributed by atoms with Gasteiger partial charge in [-0.3, -0.25) is 9.69 Å². The number of rotatable bonds is 6. The van der Waals surface area contributed by atoms with Crippen molar-refractivity contribution in [2.45, 2.75) is 88.5 Å². The first-order valence-corrected chi connectivity index (χ1v) is 14.7. The number of amides is 1. The number of hydrogen-bond acceptors (Lipinski definition) is 5. The van der Waals surface area contributed by atoms with Gasteiger partial charge in [0.15, 0.2) is 11.5 Å². The lowest BCUT2D eigenvalue weighted by Gasteiger charge is -2.63. The van der Waals surface area contributed by atoms with Gasteiger partial charge in [0.2, 0.25) is 5.91 Å². The quantitative estimate of drug-likeness (QED) is 0.477. The molecule has 2 aliphatic heterocycles. The van der Waals surface area contributed by atoms with Crippen molar-refractivity contribution in [3.05, 3.63) is 71.3 Å². The van der Waals surface area contributed by atoms with Crippen LogP contribution >= 0.6 is 0 Å². The van der Waals surface area contributed by atoms with E-state index in [2.05, 4.69) is 29.3 Å². The molecule has 7 rings (SSSR count). The van der Waals surface area contributed by atoms with Crippen LogP contribution in [0.5, 0.6) is 11.5 Å². The maximum absolute atomic E-state index is 14.2. The Bertz CT molecular complexity index is 1340. The minimum absolute atomic E-state index is 0.0821. The van der Waals surface area contributed by atoms with Crippen LogP contribution in [-0.2, 0) is 23.2 Å². The summed E-state index contributed by atoms with van der Waals surface area (Å²) >= 11 is 0. The number of ether oxygens (including phenoxy) is 1. The predicted molar refractivity (Wildman–Crippen MR) is 150 cm³/mol. The maximum Gasteiger partial charge on any atom is 0.229 e. The van der Waals surface area contributed by atoms with Gasteiger partial charge in [-0.05, 0) is 69.2 Å². The van der Waals surface area contributed by atoms with Gasteiger partial charge in [0.25, 0.3) is 0 Å². The Hall–Kier alpha value is -2.83. The summed E-state index contributed by atoms with van der Waals surface area (Å²) < 4.78 is 6.66. The summed E-state index contributed by atoms with van der Waals surface area (Å²) in [6.45, 7) is 6.69. The van der Waals surface area contributed by atoms with E-state index in [1.807, 2.05) is 43.3 Å². The Kier molecular flexibility index (Phi) is 5.54. The fourth-order valence-corrected chi connectivity index (χ4v) is 9.06. The van der Waals surface area contributed by atoms with Gasteiger partial charge >= 0.3 is 0 Å². The average Bonchev–Trinajstić information content (AvgIpc) is 3.29. The first kappa shape index (κ1) is 25.2. The smallest absolute Gasteiger partial charge is 0.229 e. The van der Waals surface area contributed by atoms with E-state index in [0.29, 0.717) is 24.8 Å². The highest BCUT2D eigenvalue weighted by Gasteiger charge is 2.72. The second-order valence-corrected chi connectivity index (χ2v) is 13.1. The van der Waals surface area contributed by atoms with Gasteiger partial charge in [-0.25, -0.2) is 0 Å². The second kappa shape index (κ2) is 8.58. The molecule has 2 spiro atoms. The van der Waals surface area contributed by atoms with Gasteiger partial charge in [0, 0.05) is 35.5 Å². The lowest BCUT2D eigenvalue weighted by atomic mass is 9.49. The molecule has 3 bridgehead atoms. The zero-order valence-electron chi connectivity index (χ0n) is 23.1. The van der Waals surface area contributed by atoms with Gasteiger partial charge in [0.1, 0.15) is 11.7 Å². The number of hydrogen-bond donors (Lipinski definition) is 3. The zero-order valence-corrected chi connectivity index (χ0v) is 23.1. The third-order valence-corrected chi connectivity index (χ3v) is 11.0. The number of phenolic OH excluding ortho intramolecular Hbond substituents is 1. The first-order chi connectivity index (χ1) is 18.8. The molecule has 0 aromatic heterocycles. The van der Waals surface area contributed by atoms with Crippen molar-refractivity contribution >= 4 is 5.91 Å². The molecule has 2 fully saturated rings. The third kappa shape index (κ3) is 3.31. The van der Waals surface area contributed by atoms with Crippen LogP contribution in [0.2, 0.25) is 0 Å². The number of nitrogens with one attached hydrogen (secondary N) is 1. The molecule has 2 aromatic rings. The summed E-state index contributed by atoms with van der Waals surface area (Å²) in [5, 5.41) is 26.9. The van der Waals surface area contributed by atoms with Crippen molar-refractivity contribution in [3.8, 4) is 11.5 Å². The number of carbonyl (C=O) groups excluding carboxylic acids is 1. The van der Waals surface area contributed by atoms with Crippen LogP contribution in [0.1, 0.15) is 69.1 Å². The Morgan fingerprint density at radius 3 is 2.82 bits per heavy atom. The van der Waals surface area contributed by atoms with Crippen molar-refractivity contribution in [2.24, 2.45) is 10.8 Å². The average molecular weight is 529 g/mol. The molecular formula is C33H40N2O4. The highest BCUT2D eigenvalue weighted by Crippen LogP contribution is 2.68. The van der Waals surface area contributed by atoms with E-state index in [1.165, 1.54) is 12.0 Å². The van der Waals surface area contributed by atoms with Gasteiger partial charge < -0.3 is 20.3 Å². The van der Waals surface area contributed by atoms with E-state index in [1.54, 1.807) is 6.07 Å². The number of aliphatic hydroxyl groups is 1. The number of phenols is 1. The molecule has 2 heterocycles. The van der Waals surface area contributed by atoms with Crippen LogP contribution in [0.25, 0.3) is 0 Å². The molecule has 6 nitrogen and oxygen atoms in total. The molecule has 2 aromatic carbocycles. The maximum atomic E-state index is 14.2. The number of unbranched alkanes of at least 4 members (excludes halogenated alkanes) is 1. The minimum Gasteiger partial charge on any atom is -0.504 e. The largest absolute Gasteiger partial charge is 0.504 e. The molecule has 39 heavy (non-hydrogen) atoms. The lowest BCUT2D eigenvalue weighted by molar-refractivity contribution is -0.164. The van der Waals surface area contributed by atoms with Gasteiger partial charge in [-0.2, -0.15) is 0 Å². The highest BCUT2D eigenvalue weighted by molar-refractivity contribution is 5.85. The third-order valence-electron chi connectivity index (χ3n) is 11.0. The van der Waals surface area contributed by atoms with E-state index < -0.39 is 22.5 Å². The molecule has 1 amide bonds. The van der Waals surface area contributed by atoms with Crippen molar-refractivity contribution in [1.29, 1.82) is 0 Å². The fourth-order valence-electron chi connectivity index (χ4n) is 9.06. The monoisotopic (exact) mass is 528 g/mol. The Balaban J connectivity index is 1.35. The van der Waals surface area contributed by atoms with Crippen molar-refractivity contribution in [1.82, 2.24) is 10.2 Å². The number of aromatic hydroxyl groups is 1. The summed E-state index contributed by atoms with van der Waals surface area (Å²) in [4.78, 5) is 16.9. The Labute approximate surface area is 231 Å². The van der Waals surface area contributed by atoms with Gasteiger partial charge in [-0.15, -0.1) is 0 Å². The summed E-state index contributed by atoms with van der Waals surface area (Å²) in [7, 11) is 0. The number of likely N-dealkylation sites (tertiary alicyclic amines) is 1. The normalized spacial score (nSPS) is 37.5. The molecule has 1 saturated heterocycles. The van der Waals surface area contributed by atoms with Crippen molar-refractivity contribution in [3.63, 3.8) is 0 Å². The molecule has 3 N–H and O–H groups in total. The van der Waals surface area contributed by atoms with E-state index >= 15 is 0 Å². The van der Waals surface area contributed by atoms with E-state index in [0.717, 1.165) is 56.3 Å². The molecule has 0 radical (unpaired) electrons. The van der Waals surface area contributed by atoms with Crippen LogP contribution in [0.4, 0.5) is 0 Å². The van der Waals surface area contributed by atoms with Gasteiger partial charge in [-0.1, -0.05) is 61.9 Å². The molecule has 6 atom stereocenters. The number of nitrogens with zero attached hydrogens (tertiary/aromatic N) is 1. The standard InChI is InChI=1S/C33H40N2O4/c1-3-4-17-35-21-31-18-23-11-12-24(36)27-26(23)32(20-31)14-8-15-33(38,28(32)39-27)30(2,16-13-25(31)35)29(37)34-19-22-9-6-5-7-10-22/h5-12,15,25,28,36,38H,3-4,13-14,16-21H2,1-2H3,(H,34,37)/t25?,28-,30+,31?,32?,33?/m1/s1. The number of benzene rings is 2. The summed E-state index contributed by atoms with van der Waals surface area (Å²) in [5.41, 5.74) is 0.319. The zero-order chi connectivity index (χ0) is 27.0. The number of carbonyl (C=O) groups is 1. The topological polar surface area (TPSA) is 82.0 Å². The van der Waals surface area contributed by atoms with Crippen LogP contribution in [0, 0.1) is 10.8 Å². The summed E-state index contributed by atoms with van der Waals surface area (Å²) in [5.74, 6) is 0.494. The molecule has 206 valence electrons. The van der Waals surface area contributed by atoms with E-state index in [-0.39, 0.29) is 17.1 Å². The molecule has 5 aliphatic rings.